The Labute approximate surface area is 57.3 Å². The second-order valence-electron chi connectivity index (χ2n) is 2.00. The molecule has 4 heteroatoms. The lowest BCUT2D eigenvalue weighted by atomic mass is 10.3. The average Bonchev–Trinajstić information content (AvgIpc) is 2.13. The molecule has 2 N–H and O–H groups in total. The highest BCUT2D eigenvalue weighted by atomic mass is 16.4. The molecule has 0 aliphatic rings. The van der Waals surface area contributed by atoms with E-state index in [0.29, 0.717) is 0 Å². The molecule has 0 spiro atoms. The van der Waals surface area contributed by atoms with Crippen LogP contribution in [-0.2, 0) is 7.05 Å². The van der Waals surface area contributed by atoms with Crippen LogP contribution in [0.3, 0.4) is 0 Å². The third-order valence-corrected chi connectivity index (χ3v) is 1.23. The van der Waals surface area contributed by atoms with Crippen molar-refractivity contribution in [1.82, 2.24) is 4.57 Å². The first kappa shape index (κ1) is 6.67. The van der Waals surface area contributed by atoms with E-state index in [-0.39, 0.29) is 11.4 Å². The summed E-state index contributed by atoms with van der Waals surface area (Å²) in [5, 5.41) is 17.3. The molecule has 0 bridgehead atoms. The lowest BCUT2D eigenvalue weighted by Gasteiger charge is -1.88. The van der Waals surface area contributed by atoms with Crippen molar-refractivity contribution in [3.05, 3.63) is 17.8 Å². The van der Waals surface area contributed by atoms with Crippen LogP contribution in [0.1, 0.15) is 10.4 Å². The number of hydrogen-bond acceptors (Lipinski definition) is 2. The van der Waals surface area contributed by atoms with E-state index in [4.69, 9.17) is 10.2 Å². The molecular formula is C6H7NO3. The van der Waals surface area contributed by atoms with Crippen molar-refractivity contribution in [2.45, 2.75) is 0 Å². The van der Waals surface area contributed by atoms with Gasteiger partial charge in [0.05, 0.1) is 5.56 Å². The summed E-state index contributed by atoms with van der Waals surface area (Å²) in [6, 6.07) is 1.20. The van der Waals surface area contributed by atoms with Gasteiger partial charge in [0.15, 0.2) is 5.88 Å². The summed E-state index contributed by atoms with van der Waals surface area (Å²) in [6.07, 6.45) is 1.34. The van der Waals surface area contributed by atoms with Crippen molar-refractivity contribution in [1.29, 1.82) is 0 Å². The van der Waals surface area contributed by atoms with Crippen LogP contribution in [-0.4, -0.2) is 20.7 Å². The van der Waals surface area contributed by atoms with E-state index in [1.165, 1.54) is 16.8 Å². The first-order chi connectivity index (χ1) is 4.61. The minimum atomic E-state index is -1.03. The molecule has 0 saturated heterocycles. The Bertz CT molecular complexity index is 244. The summed E-state index contributed by atoms with van der Waals surface area (Å²) >= 11 is 0. The van der Waals surface area contributed by atoms with Crippen LogP contribution in [0.15, 0.2) is 12.3 Å². The highest BCUT2D eigenvalue weighted by molar-refractivity contribution is 5.87. The van der Waals surface area contributed by atoms with Gasteiger partial charge in [-0.3, -0.25) is 0 Å². The second-order valence-corrected chi connectivity index (χ2v) is 2.00. The fourth-order valence-corrected chi connectivity index (χ4v) is 0.670. The highest BCUT2D eigenvalue weighted by Crippen LogP contribution is 2.12. The number of rotatable bonds is 1. The van der Waals surface area contributed by atoms with Crippen LogP contribution < -0.4 is 0 Å². The predicted molar refractivity (Wildman–Crippen MR) is 34.0 cm³/mol. The zero-order valence-corrected chi connectivity index (χ0v) is 5.40. The SMILES string of the molecule is Cn1cc(C(=O)O)cc1O. The fourth-order valence-electron chi connectivity index (χ4n) is 0.670. The maximum absolute atomic E-state index is 10.2. The summed E-state index contributed by atoms with van der Waals surface area (Å²) in [5.41, 5.74) is 0.0972. The van der Waals surface area contributed by atoms with E-state index in [9.17, 15) is 4.79 Å². The molecule has 0 aromatic carbocycles. The van der Waals surface area contributed by atoms with E-state index in [0.717, 1.165) is 0 Å². The quantitative estimate of drug-likeness (QED) is 0.596. The number of carboxylic acids is 1. The molecule has 0 radical (unpaired) electrons. The number of hydrogen-bond donors (Lipinski definition) is 2. The number of aromatic nitrogens is 1. The smallest absolute Gasteiger partial charge is 0.337 e. The molecule has 1 aromatic heterocycles. The third-order valence-electron chi connectivity index (χ3n) is 1.23. The lowest BCUT2D eigenvalue weighted by molar-refractivity contribution is 0.0696. The third kappa shape index (κ3) is 0.953. The molecule has 0 saturated carbocycles. The van der Waals surface area contributed by atoms with Crippen LogP contribution in [0.25, 0.3) is 0 Å². The first-order valence-corrected chi connectivity index (χ1v) is 2.70. The predicted octanol–water partition coefficient (Wildman–Crippen LogP) is 0.429. The van der Waals surface area contributed by atoms with E-state index in [1.807, 2.05) is 0 Å². The molecule has 0 aliphatic carbocycles. The first-order valence-electron chi connectivity index (χ1n) is 2.70. The Balaban J connectivity index is 3.10. The Kier molecular flexibility index (Phi) is 1.37. The fraction of sp³-hybridized carbons (Fsp3) is 0.167. The van der Waals surface area contributed by atoms with Gasteiger partial charge in [-0.25, -0.2) is 4.79 Å². The van der Waals surface area contributed by atoms with E-state index in [1.54, 1.807) is 7.05 Å². The minimum Gasteiger partial charge on any atom is -0.494 e. The zero-order valence-electron chi connectivity index (χ0n) is 5.40. The molecule has 10 heavy (non-hydrogen) atoms. The van der Waals surface area contributed by atoms with E-state index < -0.39 is 5.97 Å². The van der Waals surface area contributed by atoms with Gasteiger partial charge in [-0.2, -0.15) is 0 Å². The van der Waals surface area contributed by atoms with Crippen molar-refractivity contribution in [2.75, 3.05) is 0 Å². The number of carboxylic acid groups (broad SMARTS) is 1. The Morgan fingerprint density at radius 2 is 2.30 bits per heavy atom. The van der Waals surface area contributed by atoms with Crippen LogP contribution in [0.2, 0.25) is 0 Å². The normalized spacial score (nSPS) is 9.70. The number of nitrogens with zero attached hydrogens (tertiary/aromatic N) is 1. The van der Waals surface area contributed by atoms with Crippen LogP contribution in [0.4, 0.5) is 0 Å². The maximum Gasteiger partial charge on any atom is 0.337 e. The molecule has 54 valence electrons. The highest BCUT2D eigenvalue weighted by Gasteiger charge is 2.06. The van der Waals surface area contributed by atoms with Crippen LogP contribution >= 0.6 is 0 Å². The van der Waals surface area contributed by atoms with Crippen molar-refractivity contribution in [2.24, 2.45) is 7.05 Å². The van der Waals surface area contributed by atoms with Crippen molar-refractivity contribution >= 4 is 5.97 Å². The van der Waals surface area contributed by atoms with Gasteiger partial charge in [-0.1, -0.05) is 0 Å². The van der Waals surface area contributed by atoms with Crippen molar-refractivity contribution in [3.63, 3.8) is 0 Å². The van der Waals surface area contributed by atoms with Gasteiger partial charge in [0.25, 0.3) is 0 Å². The molecule has 0 unspecified atom stereocenters. The van der Waals surface area contributed by atoms with Gasteiger partial charge < -0.3 is 14.8 Å². The second kappa shape index (κ2) is 2.06. The maximum atomic E-state index is 10.2. The number of aromatic hydroxyl groups is 1. The number of aromatic carboxylic acids is 1. The van der Waals surface area contributed by atoms with Gasteiger partial charge in [0.2, 0.25) is 0 Å². The molecule has 0 aliphatic heterocycles. The monoisotopic (exact) mass is 141 g/mol. The average molecular weight is 141 g/mol. The molecule has 1 heterocycles. The zero-order chi connectivity index (χ0) is 7.72. The Morgan fingerprint density at radius 3 is 2.50 bits per heavy atom. The van der Waals surface area contributed by atoms with Gasteiger partial charge in [0, 0.05) is 19.3 Å². The van der Waals surface area contributed by atoms with E-state index in [2.05, 4.69) is 0 Å². The van der Waals surface area contributed by atoms with E-state index >= 15 is 0 Å². The summed E-state index contributed by atoms with van der Waals surface area (Å²) in [5.74, 6) is -1.08. The number of aryl methyl sites for hydroxylation is 1. The topological polar surface area (TPSA) is 62.5 Å². The van der Waals surface area contributed by atoms with Crippen LogP contribution in [0, 0.1) is 0 Å². The number of carbonyl (C=O) groups is 1. The minimum absolute atomic E-state index is 0.0441. The van der Waals surface area contributed by atoms with Gasteiger partial charge >= 0.3 is 5.97 Å². The molecule has 4 nitrogen and oxygen atoms in total. The standard InChI is InChI=1S/C6H7NO3/c1-7-3-4(6(9)10)2-5(7)8/h2-3,8H,1H3,(H,9,10). The summed E-state index contributed by atoms with van der Waals surface area (Å²) < 4.78 is 1.34. The molecule has 0 atom stereocenters. The lowest BCUT2D eigenvalue weighted by Crippen LogP contribution is -1.92. The molecule has 0 fully saturated rings. The Morgan fingerprint density at radius 1 is 1.70 bits per heavy atom. The summed E-state index contributed by atoms with van der Waals surface area (Å²) in [7, 11) is 1.57. The van der Waals surface area contributed by atoms with Gasteiger partial charge in [0.1, 0.15) is 0 Å². The summed E-state index contributed by atoms with van der Waals surface area (Å²) in [6.45, 7) is 0. The summed E-state index contributed by atoms with van der Waals surface area (Å²) in [4.78, 5) is 10.2. The molecular weight excluding hydrogens is 134 g/mol. The van der Waals surface area contributed by atoms with Gasteiger partial charge in [-0.15, -0.1) is 0 Å². The van der Waals surface area contributed by atoms with Crippen molar-refractivity contribution in [3.8, 4) is 5.88 Å². The largest absolute Gasteiger partial charge is 0.494 e. The van der Waals surface area contributed by atoms with Crippen molar-refractivity contribution < 1.29 is 15.0 Å². The van der Waals surface area contributed by atoms with Gasteiger partial charge in [-0.05, 0) is 0 Å². The molecule has 1 rings (SSSR count). The molecule has 0 amide bonds. The molecule has 1 aromatic rings. The Hall–Kier alpha value is -1.45. The van der Waals surface area contributed by atoms with Crippen LogP contribution in [0.5, 0.6) is 5.88 Å².